The van der Waals surface area contributed by atoms with Crippen LogP contribution in [0.2, 0.25) is 0 Å². The molecule has 1 fully saturated rings. The minimum absolute atomic E-state index is 0.457. The van der Waals surface area contributed by atoms with Crippen molar-refractivity contribution in [2.45, 2.75) is 44.9 Å². The molecule has 0 spiro atoms. The highest BCUT2D eigenvalue weighted by Crippen LogP contribution is 2.20. The van der Waals surface area contributed by atoms with Crippen LogP contribution in [0.25, 0.3) is 0 Å². The first-order chi connectivity index (χ1) is 15.2. The van der Waals surface area contributed by atoms with E-state index in [9.17, 15) is 0 Å². The Bertz CT molecular complexity index is 866. The second kappa shape index (κ2) is 10.5. The first kappa shape index (κ1) is 21.4. The van der Waals surface area contributed by atoms with Crippen molar-refractivity contribution >= 4 is 11.6 Å². The molecule has 2 heterocycles. The lowest BCUT2D eigenvalue weighted by molar-refractivity contribution is 0.134. The molecule has 0 bridgehead atoms. The van der Waals surface area contributed by atoms with Crippen LogP contribution >= 0.6 is 0 Å². The van der Waals surface area contributed by atoms with Crippen LogP contribution in [-0.4, -0.2) is 49.6 Å². The lowest BCUT2D eigenvalue weighted by atomic mass is 9.97. The molecule has 2 aromatic rings. The molecule has 31 heavy (non-hydrogen) atoms. The summed E-state index contributed by atoms with van der Waals surface area (Å²) in [4.78, 5) is 9.40. The summed E-state index contributed by atoms with van der Waals surface area (Å²) in [5, 5.41) is 7.13. The Morgan fingerprint density at radius 1 is 1.00 bits per heavy atom. The van der Waals surface area contributed by atoms with Gasteiger partial charge in [-0.05, 0) is 43.0 Å². The van der Waals surface area contributed by atoms with Crippen LogP contribution in [0, 0.1) is 0 Å². The SMILES string of the molecule is CN=C(NCc1ccc(N2CC=CC2)cc1)NC1CCN(Cc2ccccc2)C(C)C1. The van der Waals surface area contributed by atoms with Crippen molar-refractivity contribution in [1.82, 2.24) is 15.5 Å². The van der Waals surface area contributed by atoms with Crippen molar-refractivity contribution in [3.63, 3.8) is 0 Å². The van der Waals surface area contributed by atoms with E-state index in [4.69, 9.17) is 0 Å². The summed E-state index contributed by atoms with van der Waals surface area (Å²) in [7, 11) is 1.85. The maximum Gasteiger partial charge on any atom is 0.191 e. The van der Waals surface area contributed by atoms with Gasteiger partial charge in [-0.3, -0.25) is 9.89 Å². The summed E-state index contributed by atoms with van der Waals surface area (Å²) in [6, 6.07) is 20.6. The number of likely N-dealkylation sites (tertiary alicyclic amines) is 1. The number of nitrogens with one attached hydrogen (secondary N) is 2. The van der Waals surface area contributed by atoms with Gasteiger partial charge in [0.1, 0.15) is 0 Å². The van der Waals surface area contributed by atoms with E-state index in [1.165, 1.54) is 16.8 Å². The summed E-state index contributed by atoms with van der Waals surface area (Å²) in [6.07, 6.45) is 6.71. The highest BCUT2D eigenvalue weighted by molar-refractivity contribution is 5.80. The predicted octanol–water partition coefficient (Wildman–Crippen LogP) is 3.78. The number of benzene rings is 2. The zero-order valence-electron chi connectivity index (χ0n) is 18.8. The molecule has 5 nitrogen and oxygen atoms in total. The first-order valence-electron chi connectivity index (χ1n) is 11.5. The van der Waals surface area contributed by atoms with Crippen LogP contribution < -0.4 is 15.5 Å². The number of anilines is 1. The van der Waals surface area contributed by atoms with Gasteiger partial charge in [0, 0.05) is 57.5 Å². The van der Waals surface area contributed by atoms with Crippen molar-refractivity contribution < 1.29 is 0 Å². The number of hydrogen-bond donors (Lipinski definition) is 2. The van der Waals surface area contributed by atoms with E-state index in [0.717, 1.165) is 51.5 Å². The van der Waals surface area contributed by atoms with E-state index in [-0.39, 0.29) is 0 Å². The third kappa shape index (κ3) is 5.88. The molecule has 2 aliphatic rings. The van der Waals surface area contributed by atoms with E-state index >= 15 is 0 Å². The van der Waals surface area contributed by atoms with Gasteiger partial charge in [-0.1, -0.05) is 54.6 Å². The van der Waals surface area contributed by atoms with E-state index in [0.29, 0.717) is 12.1 Å². The Hall–Kier alpha value is -2.79. The zero-order chi connectivity index (χ0) is 21.5. The second-order valence-electron chi connectivity index (χ2n) is 8.64. The van der Waals surface area contributed by atoms with Crippen LogP contribution in [0.3, 0.4) is 0 Å². The fourth-order valence-electron chi connectivity index (χ4n) is 4.49. The van der Waals surface area contributed by atoms with Crippen LogP contribution in [0.1, 0.15) is 30.9 Å². The van der Waals surface area contributed by atoms with E-state index in [2.05, 4.69) is 99.1 Å². The quantitative estimate of drug-likeness (QED) is 0.426. The summed E-state index contributed by atoms with van der Waals surface area (Å²) in [5.41, 5.74) is 3.95. The number of aliphatic imine (C=N–C) groups is 1. The fourth-order valence-corrected chi connectivity index (χ4v) is 4.49. The molecule has 0 aromatic heterocycles. The molecular formula is C26H35N5. The molecule has 2 aliphatic heterocycles. The van der Waals surface area contributed by atoms with Gasteiger partial charge in [0.2, 0.25) is 0 Å². The highest BCUT2D eigenvalue weighted by Gasteiger charge is 2.25. The predicted molar refractivity (Wildman–Crippen MR) is 130 cm³/mol. The molecule has 164 valence electrons. The normalized spacial score (nSPS) is 22.0. The molecule has 2 unspecified atom stereocenters. The first-order valence-corrected chi connectivity index (χ1v) is 11.5. The van der Waals surface area contributed by atoms with Gasteiger partial charge in [0.05, 0.1) is 0 Å². The highest BCUT2D eigenvalue weighted by atomic mass is 15.2. The summed E-state index contributed by atoms with van der Waals surface area (Å²) < 4.78 is 0. The fraction of sp³-hybridized carbons (Fsp3) is 0.423. The van der Waals surface area contributed by atoms with Crippen molar-refractivity contribution in [2.24, 2.45) is 4.99 Å². The van der Waals surface area contributed by atoms with Crippen LogP contribution in [-0.2, 0) is 13.1 Å². The van der Waals surface area contributed by atoms with E-state index in [1.807, 2.05) is 7.05 Å². The van der Waals surface area contributed by atoms with Gasteiger partial charge < -0.3 is 15.5 Å². The molecule has 1 saturated heterocycles. The smallest absolute Gasteiger partial charge is 0.191 e. The van der Waals surface area contributed by atoms with Crippen LogP contribution in [0.5, 0.6) is 0 Å². The molecule has 2 atom stereocenters. The molecule has 0 saturated carbocycles. The third-order valence-electron chi connectivity index (χ3n) is 6.39. The monoisotopic (exact) mass is 417 g/mol. The molecular weight excluding hydrogens is 382 g/mol. The molecule has 0 radical (unpaired) electrons. The van der Waals surface area contributed by atoms with Crippen LogP contribution in [0.15, 0.2) is 71.7 Å². The van der Waals surface area contributed by atoms with Gasteiger partial charge in [-0.25, -0.2) is 0 Å². The van der Waals surface area contributed by atoms with Crippen molar-refractivity contribution in [3.8, 4) is 0 Å². The van der Waals surface area contributed by atoms with Gasteiger partial charge in [0.25, 0.3) is 0 Å². The van der Waals surface area contributed by atoms with Crippen molar-refractivity contribution in [3.05, 3.63) is 77.9 Å². The zero-order valence-corrected chi connectivity index (χ0v) is 18.8. The Morgan fingerprint density at radius 3 is 2.42 bits per heavy atom. The lowest BCUT2D eigenvalue weighted by Crippen LogP contribution is -2.51. The standard InChI is InChI=1S/C26H35N5/c1-21-18-24(14-17-31(21)20-23-8-4-3-5-9-23)29-26(27-2)28-19-22-10-12-25(13-11-22)30-15-6-7-16-30/h3-13,21,24H,14-20H2,1-2H3,(H2,27,28,29). The Labute approximate surface area is 186 Å². The summed E-state index contributed by atoms with van der Waals surface area (Å²) >= 11 is 0. The van der Waals surface area contributed by atoms with Gasteiger partial charge >= 0.3 is 0 Å². The van der Waals surface area contributed by atoms with E-state index < -0.39 is 0 Å². The van der Waals surface area contributed by atoms with Gasteiger partial charge in [0.15, 0.2) is 5.96 Å². The molecule has 0 aliphatic carbocycles. The van der Waals surface area contributed by atoms with Gasteiger partial charge in [-0.15, -0.1) is 0 Å². The molecule has 5 heteroatoms. The summed E-state index contributed by atoms with van der Waals surface area (Å²) in [6.45, 7) is 7.28. The largest absolute Gasteiger partial charge is 0.364 e. The van der Waals surface area contributed by atoms with Crippen molar-refractivity contribution in [2.75, 3.05) is 31.6 Å². The number of guanidine groups is 1. The Morgan fingerprint density at radius 2 is 1.74 bits per heavy atom. The topological polar surface area (TPSA) is 42.9 Å². The number of piperidine rings is 1. The maximum atomic E-state index is 4.45. The average Bonchev–Trinajstić information content (AvgIpc) is 3.34. The molecule has 0 amide bonds. The second-order valence-corrected chi connectivity index (χ2v) is 8.64. The third-order valence-corrected chi connectivity index (χ3v) is 6.39. The Balaban J connectivity index is 1.23. The summed E-state index contributed by atoms with van der Waals surface area (Å²) in [5.74, 6) is 0.890. The molecule has 4 rings (SSSR count). The Kier molecular flexibility index (Phi) is 7.26. The minimum Gasteiger partial charge on any atom is -0.364 e. The van der Waals surface area contributed by atoms with Crippen LogP contribution in [0.4, 0.5) is 5.69 Å². The maximum absolute atomic E-state index is 4.45. The minimum atomic E-state index is 0.457. The molecule has 2 aromatic carbocycles. The van der Waals surface area contributed by atoms with Crippen molar-refractivity contribution in [1.29, 1.82) is 0 Å². The van der Waals surface area contributed by atoms with Gasteiger partial charge in [-0.2, -0.15) is 0 Å². The number of rotatable bonds is 6. The number of nitrogens with zero attached hydrogens (tertiary/aromatic N) is 3. The lowest BCUT2D eigenvalue weighted by Gasteiger charge is -2.38. The number of hydrogen-bond acceptors (Lipinski definition) is 3. The average molecular weight is 418 g/mol. The molecule has 2 N–H and O–H groups in total. The van der Waals surface area contributed by atoms with E-state index in [1.54, 1.807) is 0 Å².